The number of methoxy groups -OCH3 is 1. The van der Waals surface area contributed by atoms with E-state index in [0.717, 1.165) is 22.6 Å². The Hall–Kier alpha value is -3.58. The molecular formula is C23H20ClN3O4. The number of rotatable bonds is 6. The summed E-state index contributed by atoms with van der Waals surface area (Å²) in [6, 6.07) is 18.3. The van der Waals surface area contributed by atoms with Crippen molar-refractivity contribution in [3.63, 3.8) is 0 Å². The number of H-pyrrole nitrogens is 1. The first-order valence-corrected chi connectivity index (χ1v) is 10.0. The highest BCUT2D eigenvalue weighted by atomic mass is 35.5. The number of ether oxygens (including phenoxy) is 2. The van der Waals surface area contributed by atoms with Gasteiger partial charge < -0.3 is 14.5 Å². The number of hydrogen-bond acceptors (Lipinski definition) is 5. The highest BCUT2D eigenvalue weighted by Crippen LogP contribution is 2.33. The lowest BCUT2D eigenvalue weighted by atomic mass is 9.98. The molecule has 4 rings (SSSR count). The molecule has 1 aliphatic heterocycles. The number of esters is 1. The van der Waals surface area contributed by atoms with E-state index in [0.29, 0.717) is 11.4 Å². The molecule has 0 saturated carbocycles. The Labute approximate surface area is 184 Å². The van der Waals surface area contributed by atoms with Crippen molar-refractivity contribution in [2.45, 2.75) is 12.5 Å². The number of nitrogens with zero attached hydrogens (tertiary/aromatic N) is 2. The van der Waals surface area contributed by atoms with E-state index in [4.69, 9.17) is 21.1 Å². The molecule has 1 aromatic heterocycles. The van der Waals surface area contributed by atoms with Gasteiger partial charge in [0.25, 0.3) is 5.91 Å². The maximum absolute atomic E-state index is 13.0. The predicted molar refractivity (Wildman–Crippen MR) is 116 cm³/mol. The van der Waals surface area contributed by atoms with E-state index >= 15 is 0 Å². The molecule has 158 valence electrons. The maximum atomic E-state index is 13.0. The molecule has 0 aliphatic carbocycles. The van der Waals surface area contributed by atoms with Crippen molar-refractivity contribution < 1.29 is 19.1 Å². The largest absolute Gasteiger partial charge is 0.497 e. The van der Waals surface area contributed by atoms with E-state index < -0.39 is 18.5 Å². The summed E-state index contributed by atoms with van der Waals surface area (Å²) in [5.41, 5.74) is 2.82. The molecule has 1 aliphatic rings. The summed E-state index contributed by atoms with van der Waals surface area (Å²) < 4.78 is 10.4. The first kappa shape index (κ1) is 20.7. The zero-order valence-electron chi connectivity index (χ0n) is 16.7. The number of hydrogen-bond donors (Lipinski definition) is 1. The minimum atomic E-state index is -0.660. The van der Waals surface area contributed by atoms with Gasteiger partial charge in [-0.25, -0.2) is 9.80 Å². The van der Waals surface area contributed by atoms with Crippen molar-refractivity contribution in [3.05, 3.63) is 88.7 Å². The number of nitrogens with one attached hydrogen (secondary N) is 1. The van der Waals surface area contributed by atoms with Gasteiger partial charge in [0, 0.05) is 12.6 Å². The second kappa shape index (κ2) is 9.06. The zero-order valence-corrected chi connectivity index (χ0v) is 17.5. The second-order valence-electron chi connectivity index (χ2n) is 6.95. The summed E-state index contributed by atoms with van der Waals surface area (Å²) in [7, 11) is 1.60. The molecule has 0 radical (unpaired) electrons. The van der Waals surface area contributed by atoms with Gasteiger partial charge in [0.15, 0.2) is 6.61 Å². The molecule has 3 aromatic rings. The number of halogens is 1. The van der Waals surface area contributed by atoms with Crippen LogP contribution in [0.1, 0.15) is 34.1 Å². The number of carbonyl (C=O) groups excluding carboxylic acids is 2. The van der Waals surface area contributed by atoms with Gasteiger partial charge in [0.2, 0.25) is 0 Å². The Kier molecular flexibility index (Phi) is 6.04. The van der Waals surface area contributed by atoms with Crippen LogP contribution in [0.4, 0.5) is 0 Å². The average molecular weight is 438 g/mol. The number of carbonyl (C=O) groups is 2. The third-order valence-electron chi connectivity index (χ3n) is 4.97. The fourth-order valence-electron chi connectivity index (χ4n) is 3.39. The summed E-state index contributed by atoms with van der Waals surface area (Å²) in [5, 5.41) is 6.33. The van der Waals surface area contributed by atoms with Gasteiger partial charge in [-0.3, -0.25) is 4.79 Å². The Morgan fingerprint density at radius 2 is 1.90 bits per heavy atom. The van der Waals surface area contributed by atoms with Crippen LogP contribution < -0.4 is 4.74 Å². The van der Waals surface area contributed by atoms with Gasteiger partial charge in [-0.2, -0.15) is 5.10 Å². The summed E-state index contributed by atoms with van der Waals surface area (Å²) >= 11 is 5.81. The zero-order chi connectivity index (χ0) is 21.8. The lowest BCUT2D eigenvalue weighted by Gasteiger charge is -2.22. The fraction of sp³-hybridized carbons (Fsp3) is 0.174. The van der Waals surface area contributed by atoms with Crippen molar-refractivity contribution >= 4 is 29.2 Å². The number of aromatic nitrogens is 1. The molecule has 7 nitrogen and oxygen atoms in total. The normalized spacial score (nSPS) is 15.5. The van der Waals surface area contributed by atoms with E-state index in [2.05, 4.69) is 10.1 Å². The third-order valence-corrected chi connectivity index (χ3v) is 5.19. The molecule has 1 unspecified atom stereocenters. The summed E-state index contributed by atoms with van der Waals surface area (Å²) in [4.78, 5) is 27.8. The van der Waals surface area contributed by atoms with Crippen LogP contribution in [0.15, 0.2) is 72.0 Å². The first-order chi connectivity index (χ1) is 15.0. The van der Waals surface area contributed by atoms with Gasteiger partial charge in [-0.1, -0.05) is 54.1 Å². The number of hydrazone groups is 1. The molecule has 2 aromatic carbocycles. The number of amides is 1. The summed E-state index contributed by atoms with van der Waals surface area (Å²) in [6.07, 6.45) is 2.01. The van der Waals surface area contributed by atoms with Crippen molar-refractivity contribution in [2.24, 2.45) is 5.10 Å². The molecule has 0 spiro atoms. The number of benzene rings is 2. The van der Waals surface area contributed by atoms with E-state index in [9.17, 15) is 9.59 Å². The molecule has 0 bridgehead atoms. The molecule has 1 N–H and O–H groups in total. The van der Waals surface area contributed by atoms with Crippen LogP contribution in [0.2, 0.25) is 5.02 Å². The molecule has 2 heterocycles. The van der Waals surface area contributed by atoms with Gasteiger partial charge in [-0.05, 0) is 29.3 Å². The average Bonchev–Trinajstić information content (AvgIpc) is 3.45. The quantitative estimate of drug-likeness (QED) is 0.585. The van der Waals surface area contributed by atoms with Crippen LogP contribution in [-0.2, 0) is 9.53 Å². The second-order valence-corrected chi connectivity index (χ2v) is 7.39. The van der Waals surface area contributed by atoms with Crippen LogP contribution >= 0.6 is 11.6 Å². The van der Waals surface area contributed by atoms with Crippen LogP contribution in [0.5, 0.6) is 5.75 Å². The van der Waals surface area contributed by atoms with Crippen LogP contribution in [0, 0.1) is 0 Å². The molecular weight excluding hydrogens is 418 g/mol. The monoisotopic (exact) mass is 437 g/mol. The maximum Gasteiger partial charge on any atom is 0.355 e. The van der Waals surface area contributed by atoms with E-state index in [1.54, 1.807) is 7.11 Å². The predicted octanol–water partition coefficient (Wildman–Crippen LogP) is 4.21. The van der Waals surface area contributed by atoms with Gasteiger partial charge in [0.1, 0.15) is 11.4 Å². The van der Waals surface area contributed by atoms with Crippen LogP contribution in [0.25, 0.3) is 0 Å². The van der Waals surface area contributed by atoms with E-state index in [-0.39, 0.29) is 11.7 Å². The lowest BCUT2D eigenvalue weighted by molar-refractivity contribution is -0.136. The topological polar surface area (TPSA) is 84.0 Å². The fourth-order valence-corrected chi connectivity index (χ4v) is 3.55. The van der Waals surface area contributed by atoms with Crippen molar-refractivity contribution in [1.82, 2.24) is 9.99 Å². The molecule has 1 atom stereocenters. The molecule has 1 amide bonds. The van der Waals surface area contributed by atoms with Crippen LogP contribution in [0.3, 0.4) is 0 Å². The van der Waals surface area contributed by atoms with Gasteiger partial charge >= 0.3 is 5.97 Å². The van der Waals surface area contributed by atoms with Crippen molar-refractivity contribution in [3.8, 4) is 5.75 Å². The number of aromatic amines is 1. The van der Waals surface area contributed by atoms with Gasteiger partial charge in [0.05, 0.1) is 23.9 Å². The Balaban J connectivity index is 1.54. The standard InChI is InChI=1S/C23H20ClN3O4/c1-30-18-9-7-16(8-10-18)21-12-19(15-5-3-2-4-6-15)26-27(21)22(28)14-31-23(29)20-11-17(24)13-25-20/h2-11,13,21,25H,12,14H2,1H3. The third kappa shape index (κ3) is 4.62. The first-order valence-electron chi connectivity index (χ1n) is 9.65. The van der Waals surface area contributed by atoms with Gasteiger partial charge in [-0.15, -0.1) is 0 Å². The molecule has 8 heteroatoms. The van der Waals surface area contributed by atoms with E-state index in [1.807, 2.05) is 54.6 Å². The highest BCUT2D eigenvalue weighted by molar-refractivity contribution is 6.30. The highest BCUT2D eigenvalue weighted by Gasteiger charge is 2.33. The smallest absolute Gasteiger partial charge is 0.355 e. The molecule has 0 saturated heterocycles. The van der Waals surface area contributed by atoms with Crippen LogP contribution in [-0.4, -0.2) is 41.3 Å². The minimum Gasteiger partial charge on any atom is -0.497 e. The SMILES string of the molecule is COc1ccc(C2CC(c3ccccc3)=NN2C(=O)COC(=O)c2cc(Cl)c[nH]2)cc1. The Morgan fingerprint density at radius 1 is 1.16 bits per heavy atom. The van der Waals surface area contributed by atoms with Crippen molar-refractivity contribution in [2.75, 3.05) is 13.7 Å². The summed E-state index contributed by atoms with van der Waals surface area (Å²) in [5.74, 6) is -0.354. The molecule has 0 fully saturated rings. The van der Waals surface area contributed by atoms with Crippen molar-refractivity contribution in [1.29, 1.82) is 0 Å². The summed E-state index contributed by atoms with van der Waals surface area (Å²) in [6.45, 7) is -0.437. The Bertz CT molecular complexity index is 1110. The Morgan fingerprint density at radius 3 is 2.55 bits per heavy atom. The minimum absolute atomic E-state index is 0.180. The van der Waals surface area contributed by atoms with E-state index in [1.165, 1.54) is 17.3 Å². The lowest BCUT2D eigenvalue weighted by Crippen LogP contribution is -2.31. The molecule has 31 heavy (non-hydrogen) atoms.